The van der Waals surface area contributed by atoms with Gasteiger partial charge in [-0.2, -0.15) is 0 Å². The summed E-state index contributed by atoms with van der Waals surface area (Å²) < 4.78 is 14.4. The van der Waals surface area contributed by atoms with Gasteiger partial charge in [0.05, 0.1) is 22.5 Å². The summed E-state index contributed by atoms with van der Waals surface area (Å²) in [5, 5.41) is 8.98. The van der Waals surface area contributed by atoms with Gasteiger partial charge in [-0.3, -0.25) is 0 Å². The van der Waals surface area contributed by atoms with Crippen LogP contribution in [-0.4, -0.2) is 0 Å². The number of hydrogen-bond acceptors (Lipinski definition) is 4. The number of hydrogen-bond donors (Lipinski definition) is 0. The summed E-state index contributed by atoms with van der Waals surface area (Å²) in [4.78, 5) is 4.82. The SMILES string of the molecule is c1ccc(-c2cccc3c2oc2c(N(c4ccccc4)c4ccc5cc6c(cc5c4)C4(c5ccccc5-c5ccccc54)c4cc(N(c5ccccc5)c5cccc7c5oc5c(-c8ccccc8)cccc57)c5ccccc5c4-6)cccc23)cc1. The molecule has 0 fully saturated rings. The highest BCUT2D eigenvalue weighted by Crippen LogP contribution is 2.66. The van der Waals surface area contributed by atoms with Crippen molar-refractivity contribution in [1.29, 1.82) is 0 Å². The first-order chi connectivity index (χ1) is 42.2. The zero-order valence-electron chi connectivity index (χ0n) is 46.1. The van der Waals surface area contributed by atoms with Crippen molar-refractivity contribution in [3.05, 3.63) is 326 Å². The van der Waals surface area contributed by atoms with Crippen LogP contribution in [-0.2, 0) is 5.41 Å². The van der Waals surface area contributed by atoms with E-state index in [0.717, 1.165) is 116 Å². The maximum Gasteiger partial charge on any atom is 0.159 e. The van der Waals surface area contributed by atoms with Crippen molar-refractivity contribution in [2.75, 3.05) is 9.80 Å². The molecule has 2 heterocycles. The molecule has 0 saturated heterocycles. The number of nitrogens with zero attached hydrogens (tertiary/aromatic N) is 2. The summed E-state index contributed by atoms with van der Waals surface area (Å²) >= 11 is 0. The third-order valence-electron chi connectivity index (χ3n) is 18.2. The van der Waals surface area contributed by atoms with Crippen LogP contribution < -0.4 is 9.80 Å². The minimum absolute atomic E-state index is 0.686. The topological polar surface area (TPSA) is 32.8 Å². The normalized spacial score (nSPS) is 12.8. The molecule has 2 aliphatic rings. The van der Waals surface area contributed by atoms with Gasteiger partial charge in [0.15, 0.2) is 11.2 Å². The monoisotopic (exact) mass is 1080 g/mol. The van der Waals surface area contributed by atoms with Gasteiger partial charge in [-0.1, -0.05) is 237 Å². The fourth-order valence-electron chi connectivity index (χ4n) is 14.7. The van der Waals surface area contributed by atoms with Crippen LogP contribution in [0.3, 0.4) is 0 Å². The van der Waals surface area contributed by atoms with E-state index >= 15 is 0 Å². The number of anilines is 6. The van der Waals surface area contributed by atoms with Crippen LogP contribution in [0.2, 0.25) is 0 Å². The summed E-state index contributed by atoms with van der Waals surface area (Å²) in [7, 11) is 0. The lowest BCUT2D eigenvalue weighted by molar-refractivity contribution is 0.670. The molecule has 0 radical (unpaired) electrons. The molecule has 85 heavy (non-hydrogen) atoms. The zero-order valence-corrected chi connectivity index (χ0v) is 46.1. The first-order valence-corrected chi connectivity index (χ1v) is 29.2. The van der Waals surface area contributed by atoms with Crippen LogP contribution in [0, 0.1) is 0 Å². The van der Waals surface area contributed by atoms with E-state index in [1.807, 2.05) is 0 Å². The largest absolute Gasteiger partial charge is 0.453 e. The van der Waals surface area contributed by atoms with Gasteiger partial charge < -0.3 is 18.6 Å². The summed E-state index contributed by atoms with van der Waals surface area (Å²) in [6, 6.07) is 111. The molecule has 396 valence electrons. The minimum Gasteiger partial charge on any atom is -0.453 e. The quantitative estimate of drug-likeness (QED) is 0.152. The number of para-hydroxylation sites is 6. The van der Waals surface area contributed by atoms with Gasteiger partial charge in [-0.25, -0.2) is 0 Å². The Morgan fingerprint density at radius 1 is 0.235 bits per heavy atom. The molecule has 0 atom stereocenters. The van der Waals surface area contributed by atoms with Gasteiger partial charge in [0.1, 0.15) is 11.2 Å². The lowest BCUT2D eigenvalue weighted by Crippen LogP contribution is -2.26. The Kier molecular flexibility index (Phi) is 10.3. The van der Waals surface area contributed by atoms with E-state index in [1.165, 1.54) is 49.9 Å². The summed E-state index contributed by atoms with van der Waals surface area (Å²) in [5.74, 6) is 0. The Bertz CT molecular complexity index is 5330. The predicted molar refractivity (Wildman–Crippen MR) is 353 cm³/mol. The molecule has 0 N–H and O–H groups in total. The standard InChI is InChI=1S/C81H50N2O2/c1-5-23-51(24-6-1)58-35-19-37-64-66-39-21-43-73(79(66)84-77(58)64)82(55-27-9-3-10-28-55)57-46-45-53-48-68-71(49-54(53)47-57)81(69-41-17-15-31-60(69)61-32-16-18-42-70(61)81)72-50-75(62-33-13-14-34-63(62)76(68)72)83(56-29-11-4-12-30-56)74-44-22-40-67-65-38-20-36-59(78(65)85-80(67)74)52-25-7-2-8-26-52/h1-50H. The minimum atomic E-state index is -0.686. The lowest BCUT2D eigenvalue weighted by atomic mass is 9.70. The average Bonchev–Trinajstić information content (AvgIpc) is 1.98. The van der Waals surface area contributed by atoms with E-state index in [0.29, 0.717) is 0 Å². The van der Waals surface area contributed by atoms with Crippen molar-refractivity contribution >= 4 is 99.5 Å². The number of fused-ring (bicyclic) bond motifs is 19. The van der Waals surface area contributed by atoms with Gasteiger partial charge in [-0.05, 0) is 139 Å². The van der Waals surface area contributed by atoms with E-state index in [1.54, 1.807) is 0 Å². The first-order valence-electron chi connectivity index (χ1n) is 29.2. The molecule has 0 bridgehead atoms. The first kappa shape index (κ1) is 47.4. The summed E-state index contributed by atoms with van der Waals surface area (Å²) in [6.07, 6.45) is 0. The fourth-order valence-corrected chi connectivity index (χ4v) is 14.7. The van der Waals surface area contributed by atoms with Crippen LogP contribution in [0.15, 0.2) is 312 Å². The summed E-state index contributed by atoms with van der Waals surface area (Å²) in [6.45, 7) is 0. The second-order valence-electron chi connectivity index (χ2n) is 22.6. The molecule has 1 spiro atoms. The number of benzene rings is 14. The van der Waals surface area contributed by atoms with E-state index in [9.17, 15) is 0 Å². The van der Waals surface area contributed by atoms with Crippen molar-refractivity contribution in [2.24, 2.45) is 0 Å². The van der Waals surface area contributed by atoms with Gasteiger partial charge in [0.25, 0.3) is 0 Å². The van der Waals surface area contributed by atoms with Crippen molar-refractivity contribution in [3.8, 4) is 44.5 Å². The third kappa shape index (κ3) is 6.85. The van der Waals surface area contributed by atoms with Crippen LogP contribution in [0.1, 0.15) is 22.3 Å². The highest BCUT2D eigenvalue weighted by atomic mass is 16.3. The molecule has 14 aromatic carbocycles. The van der Waals surface area contributed by atoms with Gasteiger partial charge in [0, 0.05) is 55.1 Å². The van der Waals surface area contributed by atoms with Crippen molar-refractivity contribution in [1.82, 2.24) is 0 Å². The molecule has 2 aliphatic carbocycles. The van der Waals surface area contributed by atoms with E-state index < -0.39 is 5.41 Å². The molecule has 4 nitrogen and oxygen atoms in total. The Balaban J connectivity index is 0.887. The Hall–Kier alpha value is -11.2. The average molecular weight is 1080 g/mol. The second kappa shape index (κ2) is 18.4. The Labute approximate surface area is 490 Å². The van der Waals surface area contributed by atoms with Crippen LogP contribution in [0.25, 0.3) is 110 Å². The van der Waals surface area contributed by atoms with Gasteiger partial charge in [-0.15, -0.1) is 0 Å². The van der Waals surface area contributed by atoms with Crippen molar-refractivity contribution < 1.29 is 8.83 Å². The molecule has 18 rings (SSSR count). The zero-order chi connectivity index (χ0) is 55.7. The molecule has 0 unspecified atom stereocenters. The molecule has 0 amide bonds. The van der Waals surface area contributed by atoms with E-state index in [-0.39, 0.29) is 0 Å². The Morgan fingerprint density at radius 2 is 0.682 bits per heavy atom. The summed E-state index contributed by atoms with van der Waals surface area (Å²) in [5.41, 5.74) is 23.4. The van der Waals surface area contributed by atoms with E-state index in [2.05, 4.69) is 313 Å². The fraction of sp³-hybridized carbons (Fsp3) is 0.0123. The highest BCUT2D eigenvalue weighted by Gasteiger charge is 2.52. The van der Waals surface area contributed by atoms with Crippen LogP contribution in [0.4, 0.5) is 34.1 Å². The molecule has 4 heteroatoms. The molecular formula is C81H50N2O2. The highest BCUT2D eigenvalue weighted by molar-refractivity contribution is 6.18. The van der Waals surface area contributed by atoms with Gasteiger partial charge >= 0.3 is 0 Å². The molecule has 2 aromatic heterocycles. The maximum absolute atomic E-state index is 7.27. The van der Waals surface area contributed by atoms with Crippen molar-refractivity contribution in [3.63, 3.8) is 0 Å². The predicted octanol–water partition coefficient (Wildman–Crippen LogP) is 22.4. The van der Waals surface area contributed by atoms with Crippen LogP contribution >= 0.6 is 0 Å². The van der Waals surface area contributed by atoms with Crippen molar-refractivity contribution in [2.45, 2.75) is 5.41 Å². The van der Waals surface area contributed by atoms with E-state index in [4.69, 9.17) is 8.83 Å². The second-order valence-corrected chi connectivity index (χ2v) is 22.6. The molecular weight excluding hydrogens is 1030 g/mol. The lowest BCUT2D eigenvalue weighted by Gasteiger charge is -2.33. The van der Waals surface area contributed by atoms with Crippen LogP contribution in [0.5, 0.6) is 0 Å². The number of furan rings is 2. The van der Waals surface area contributed by atoms with Gasteiger partial charge in [0.2, 0.25) is 0 Å². The smallest absolute Gasteiger partial charge is 0.159 e. The number of rotatable bonds is 8. The third-order valence-corrected chi connectivity index (χ3v) is 18.2. The molecule has 0 aliphatic heterocycles. The molecule has 0 saturated carbocycles. The molecule has 16 aromatic rings. The Morgan fingerprint density at radius 3 is 1.26 bits per heavy atom. The maximum atomic E-state index is 7.27.